The summed E-state index contributed by atoms with van der Waals surface area (Å²) in [5.74, 6) is 0.720. The van der Waals surface area contributed by atoms with Gasteiger partial charge in [-0.2, -0.15) is 5.26 Å². The number of anilines is 1. The Hall–Kier alpha value is -4.13. The Morgan fingerprint density at radius 3 is 2.77 bits per heavy atom. The van der Waals surface area contributed by atoms with Gasteiger partial charge in [-0.1, -0.05) is 41.1 Å². The van der Waals surface area contributed by atoms with Gasteiger partial charge in [-0.25, -0.2) is 0 Å². The Kier molecular flexibility index (Phi) is 7.45. The van der Waals surface area contributed by atoms with Crippen molar-refractivity contribution in [2.24, 2.45) is 0 Å². The second kappa shape index (κ2) is 10.9. The fraction of sp³-hybridized carbons (Fsp3) is 0.120. The van der Waals surface area contributed by atoms with E-state index < -0.39 is 5.91 Å². The maximum Gasteiger partial charge on any atom is 0.268 e. The van der Waals surface area contributed by atoms with Crippen LogP contribution in [0.4, 0.5) is 5.13 Å². The normalized spacial score (nSPS) is 11.1. The number of nitrogens with one attached hydrogen (secondary N) is 1. The molecule has 1 amide bonds. The van der Waals surface area contributed by atoms with Gasteiger partial charge in [0.05, 0.1) is 12.1 Å². The molecule has 0 aliphatic rings. The van der Waals surface area contributed by atoms with Gasteiger partial charge in [0.15, 0.2) is 5.01 Å². The molecule has 0 aliphatic carbocycles. The van der Waals surface area contributed by atoms with E-state index in [1.807, 2.05) is 60.2 Å². The van der Waals surface area contributed by atoms with Crippen molar-refractivity contribution < 1.29 is 14.3 Å². The van der Waals surface area contributed by atoms with Gasteiger partial charge < -0.3 is 14.0 Å². The van der Waals surface area contributed by atoms with E-state index >= 15 is 0 Å². The van der Waals surface area contributed by atoms with Crippen LogP contribution in [0.5, 0.6) is 11.5 Å². The Balaban J connectivity index is 1.46. The minimum absolute atomic E-state index is 0.0857. The smallest absolute Gasteiger partial charge is 0.268 e. The number of carbonyl (C=O) groups is 1. The molecule has 10 heteroatoms. The van der Waals surface area contributed by atoms with Gasteiger partial charge in [-0.15, -0.1) is 10.2 Å². The lowest BCUT2D eigenvalue weighted by molar-refractivity contribution is -0.112. The average molecular weight is 506 g/mol. The molecule has 0 bridgehead atoms. The summed E-state index contributed by atoms with van der Waals surface area (Å²) in [4.78, 5) is 12.7. The molecule has 0 saturated heterocycles. The molecule has 0 unspecified atom stereocenters. The molecule has 4 aromatic rings. The summed E-state index contributed by atoms with van der Waals surface area (Å²) in [5.41, 5.74) is 2.31. The fourth-order valence-electron chi connectivity index (χ4n) is 3.23. The lowest BCUT2D eigenvalue weighted by Crippen LogP contribution is -2.13. The van der Waals surface area contributed by atoms with Crippen molar-refractivity contribution in [2.75, 3.05) is 12.4 Å². The molecule has 0 saturated carbocycles. The SMILES string of the molecule is COc1ccc(-n2cccc2/C=C(/C#N)C(=O)Nc2nnc(COc3ccccc3C)s2)cc1Cl. The second-order valence-electron chi connectivity index (χ2n) is 7.30. The van der Waals surface area contributed by atoms with Crippen molar-refractivity contribution in [3.05, 3.63) is 87.7 Å². The minimum Gasteiger partial charge on any atom is -0.495 e. The molecule has 2 aromatic heterocycles. The van der Waals surface area contributed by atoms with Crippen molar-refractivity contribution >= 4 is 40.1 Å². The van der Waals surface area contributed by atoms with Crippen LogP contribution in [0.1, 0.15) is 16.3 Å². The van der Waals surface area contributed by atoms with E-state index in [-0.39, 0.29) is 17.3 Å². The van der Waals surface area contributed by atoms with Crippen LogP contribution in [0.2, 0.25) is 5.02 Å². The highest BCUT2D eigenvalue weighted by Gasteiger charge is 2.15. The molecule has 0 aliphatic heterocycles. The van der Waals surface area contributed by atoms with Crippen molar-refractivity contribution in [1.82, 2.24) is 14.8 Å². The molecule has 35 heavy (non-hydrogen) atoms. The van der Waals surface area contributed by atoms with Crippen LogP contribution in [0.15, 0.2) is 66.4 Å². The summed E-state index contributed by atoms with van der Waals surface area (Å²) < 4.78 is 12.8. The number of aromatic nitrogens is 3. The molecule has 0 atom stereocenters. The monoisotopic (exact) mass is 505 g/mol. The Bertz CT molecular complexity index is 1440. The number of halogens is 1. The van der Waals surface area contributed by atoms with Gasteiger partial charge in [0.2, 0.25) is 5.13 Å². The number of hydrogen-bond donors (Lipinski definition) is 1. The van der Waals surface area contributed by atoms with Crippen LogP contribution in [-0.4, -0.2) is 27.8 Å². The summed E-state index contributed by atoms with van der Waals surface area (Å²) in [7, 11) is 1.54. The molecular formula is C25H20ClN5O3S. The first kappa shape index (κ1) is 24.0. The van der Waals surface area contributed by atoms with E-state index in [4.69, 9.17) is 21.1 Å². The van der Waals surface area contributed by atoms with Gasteiger partial charge in [-0.3, -0.25) is 10.1 Å². The molecule has 8 nitrogen and oxygen atoms in total. The number of nitrogens with zero attached hydrogens (tertiary/aromatic N) is 4. The molecule has 2 heterocycles. The van der Waals surface area contributed by atoms with E-state index in [0.29, 0.717) is 21.5 Å². The zero-order valence-electron chi connectivity index (χ0n) is 18.9. The standard InChI is InChI=1S/C25H20ClN5O3S/c1-16-6-3-4-8-21(16)34-15-23-29-30-25(35-23)28-24(32)17(14-27)12-18-7-5-11-31(18)19-9-10-22(33-2)20(26)13-19/h3-13H,15H2,1-2H3,(H,28,30,32)/b17-12-. The molecule has 2 aromatic carbocycles. The summed E-state index contributed by atoms with van der Waals surface area (Å²) in [6, 6.07) is 18.5. The van der Waals surface area contributed by atoms with Crippen LogP contribution >= 0.6 is 22.9 Å². The Morgan fingerprint density at radius 1 is 1.20 bits per heavy atom. The number of hydrogen-bond acceptors (Lipinski definition) is 7. The zero-order valence-corrected chi connectivity index (χ0v) is 20.4. The second-order valence-corrected chi connectivity index (χ2v) is 8.77. The fourth-order valence-corrected chi connectivity index (χ4v) is 4.13. The Morgan fingerprint density at radius 2 is 2.03 bits per heavy atom. The molecule has 0 radical (unpaired) electrons. The maximum absolute atomic E-state index is 12.7. The van der Waals surface area contributed by atoms with E-state index in [1.54, 1.807) is 25.3 Å². The number of ether oxygens (including phenoxy) is 2. The summed E-state index contributed by atoms with van der Waals surface area (Å²) in [5, 5.41) is 21.6. The van der Waals surface area contributed by atoms with Crippen LogP contribution in [-0.2, 0) is 11.4 Å². The molecule has 1 N–H and O–H groups in total. The highest BCUT2D eigenvalue weighted by molar-refractivity contribution is 7.15. The quantitative estimate of drug-likeness (QED) is 0.253. The maximum atomic E-state index is 12.7. The number of benzene rings is 2. The van der Waals surface area contributed by atoms with E-state index in [1.165, 1.54) is 17.4 Å². The van der Waals surface area contributed by atoms with Gasteiger partial charge in [0.1, 0.15) is 29.7 Å². The number of rotatable bonds is 8. The molecule has 4 rings (SSSR count). The van der Waals surface area contributed by atoms with Gasteiger partial charge >= 0.3 is 0 Å². The van der Waals surface area contributed by atoms with E-state index in [9.17, 15) is 10.1 Å². The van der Waals surface area contributed by atoms with Crippen LogP contribution < -0.4 is 14.8 Å². The zero-order chi connectivity index (χ0) is 24.8. The first-order valence-electron chi connectivity index (χ1n) is 10.4. The third kappa shape index (κ3) is 5.69. The summed E-state index contributed by atoms with van der Waals surface area (Å²) in [6.45, 7) is 2.17. The van der Waals surface area contributed by atoms with E-state index in [2.05, 4.69) is 15.5 Å². The molecule has 176 valence electrons. The van der Waals surface area contributed by atoms with Gasteiger partial charge in [0.25, 0.3) is 5.91 Å². The number of carbonyl (C=O) groups excluding carboxylic acids is 1. The lowest BCUT2D eigenvalue weighted by atomic mass is 10.2. The highest BCUT2D eigenvalue weighted by atomic mass is 35.5. The number of methoxy groups -OCH3 is 1. The average Bonchev–Trinajstić information content (AvgIpc) is 3.51. The van der Waals surface area contributed by atoms with Gasteiger partial charge in [0, 0.05) is 17.6 Å². The summed E-state index contributed by atoms with van der Waals surface area (Å²) >= 11 is 7.43. The van der Waals surface area contributed by atoms with Crippen molar-refractivity contribution in [3.8, 4) is 23.3 Å². The minimum atomic E-state index is -0.587. The Labute approximate surface area is 211 Å². The van der Waals surface area contributed by atoms with Crippen molar-refractivity contribution in [2.45, 2.75) is 13.5 Å². The van der Waals surface area contributed by atoms with Gasteiger partial charge in [-0.05, 0) is 55.0 Å². The third-order valence-electron chi connectivity index (χ3n) is 4.98. The number of nitriles is 1. The molecule has 0 spiro atoms. The van der Waals surface area contributed by atoms with Crippen molar-refractivity contribution in [1.29, 1.82) is 5.26 Å². The lowest BCUT2D eigenvalue weighted by Gasteiger charge is -2.10. The van der Waals surface area contributed by atoms with E-state index in [0.717, 1.165) is 17.0 Å². The van der Waals surface area contributed by atoms with Crippen LogP contribution in [0.25, 0.3) is 11.8 Å². The molecule has 0 fully saturated rings. The highest BCUT2D eigenvalue weighted by Crippen LogP contribution is 2.28. The number of amides is 1. The predicted octanol–water partition coefficient (Wildman–Crippen LogP) is 5.42. The van der Waals surface area contributed by atoms with Crippen LogP contribution in [0.3, 0.4) is 0 Å². The number of para-hydroxylation sites is 1. The first-order chi connectivity index (χ1) is 17.0. The largest absolute Gasteiger partial charge is 0.495 e. The predicted molar refractivity (Wildman–Crippen MR) is 135 cm³/mol. The topological polar surface area (TPSA) is 102 Å². The molecular weight excluding hydrogens is 486 g/mol. The summed E-state index contributed by atoms with van der Waals surface area (Å²) in [6.07, 6.45) is 3.30. The third-order valence-corrected chi connectivity index (χ3v) is 6.09. The number of aryl methyl sites for hydroxylation is 1. The van der Waals surface area contributed by atoms with Crippen LogP contribution in [0, 0.1) is 18.3 Å². The van der Waals surface area contributed by atoms with Crippen molar-refractivity contribution in [3.63, 3.8) is 0 Å². The first-order valence-corrected chi connectivity index (χ1v) is 11.6.